The van der Waals surface area contributed by atoms with Crippen LogP contribution in [-0.2, 0) is 13.2 Å². The second-order valence-corrected chi connectivity index (χ2v) is 8.31. The molecule has 4 heterocycles. The van der Waals surface area contributed by atoms with Crippen LogP contribution in [0.25, 0.3) is 15.3 Å². The lowest BCUT2D eigenvalue weighted by molar-refractivity contribution is 0.0955. The van der Waals surface area contributed by atoms with Crippen LogP contribution in [-0.4, -0.2) is 20.3 Å². The largest absolute Gasteiger partial charge is 0.487 e. The molecule has 0 aliphatic heterocycles. The number of nitrogens with one attached hydrogen (secondary N) is 1. The van der Waals surface area contributed by atoms with E-state index in [2.05, 4.69) is 15.3 Å². The lowest BCUT2D eigenvalue weighted by atomic mass is 10.2. The molecule has 0 fully saturated rings. The van der Waals surface area contributed by atoms with Gasteiger partial charge in [-0.3, -0.25) is 14.2 Å². The van der Waals surface area contributed by atoms with Crippen LogP contribution >= 0.6 is 22.7 Å². The molecule has 0 saturated carbocycles. The molecule has 144 valence electrons. The maximum atomic E-state index is 12.6. The fraction of sp³-hybridized carbons (Fsp3) is 0.0952. The predicted molar refractivity (Wildman–Crippen MR) is 115 cm³/mol. The quantitative estimate of drug-likeness (QED) is 0.439. The number of hydrogen-bond donors (Lipinski definition) is 1. The van der Waals surface area contributed by atoms with E-state index in [-0.39, 0.29) is 5.91 Å². The Hall–Kier alpha value is -3.23. The highest BCUT2D eigenvalue weighted by molar-refractivity contribution is 7.21. The van der Waals surface area contributed by atoms with Crippen LogP contribution in [0.2, 0.25) is 0 Å². The first-order chi connectivity index (χ1) is 14.3. The summed E-state index contributed by atoms with van der Waals surface area (Å²) in [6.45, 7) is 0.833. The van der Waals surface area contributed by atoms with Gasteiger partial charge in [-0.15, -0.1) is 22.7 Å². The minimum Gasteiger partial charge on any atom is -0.487 e. The molecule has 0 saturated heterocycles. The summed E-state index contributed by atoms with van der Waals surface area (Å²) >= 11 is 3.00. The molecule has 0 aliphatic carbocycles. The number of nitrogens with zero attached hydrogens (tertiary/aromatic N) is 3. The number of aromatic nitrogens is 3. The highest BCUT2D eigenvalue weighted by atomic mass is 32.1. The molecule has 0 bridgehead atoms. The van der Waals surface area contributed by atoms with E-state index >= 15 is 0 Å². The number of benzene rings is 1. The number of carbonyl (C=O) groups excluding carboxylic acids is 1. The Morgan fingerprint density at radius 2 is 2.14 bits per heavy atom. The van der Waals surface area contributed by atoms with Gasteiger partial charge in [-0.1, -0.05) is 18.2 Å². The number of pyridine rings is 1. The average Bonchev–Trinajstić information content (AvgIpc) is 3.44. The molecule has 1 N–H and O–H groups in total. The molecule has 0 atom stereocenters. The van der Waals surface area contributed by atoms with Gasteiger partial charge in [0.2, 0.25) is 0 Å². The van der Waals surface area contributed by atoms with Crippen molar-refractivity contribution in [1.82, 2.24) is 19.7 Å². The highest BCUT2D eigenvalue weighted by Gasteiger charge is 2.15. The second kappa shape index (κ2) is 7.65. The summed E-state index contributed by atoms with van der Waals surface area (Å²) in [7, 11) is 0. The zero-order valence-electron chi connectivity index (χ0n) is 15.2. The Kier molecular flexibility index (Phi) is 4.71. The maximum absolute atomic E-state index is 12.6. The van der Waals surface area contributed by atoms with Gasteiger partial charge in [0.1, 0.15) is 17.2 Å². The Morgan fingerprint density at radius 1 is 1.17 bits per heavy atom. The van der Waals surface area contributed by atoms with Gasteiger partial charge in [0.15, 0.2) is 4.96 Å². The normalized spacial score (nSPS) is 11.2. The summed E-state index contributed by atoms with van der Waals surface area (Å²) in [6, 6.07) is 15.3. The number of hydrogen-bond acceptors (Lipinski definition) is 6. The van der Waals surface area contributed by atoms with Crippen LogP contribution in [0.15, 0.2) is 66.3 Å². The third-order valence-electron chi connectivity index (χ3n) is 4.43. The Balaban J connectivity index is 1.23. The van der Waals surface area contributed by atoms with E-state index < -0.39 is 0 Å². The maximum Gasteiger partial charge on any atom is 0.261 e. The summed E-state index contributed by atoms with van der Waals surface area (Å²) in [5.41, 5.74) is 2.82. The number of ether oxygens (including phenoxy) is 1. The topological polar surface area (TPSA) is 68.5 Å². The molecule has 0 unspecified atom stereocenters. The van der Waals surface area contributed by atoms with Crippen molar-refractivity contribution in [3.63, 3.8) is 0 Å². The lowest BCUT2D eigenvalue weighted by Crippen LogP contribution is -2.21. The molecule has 8 heteroatoms. The molecule has 4 aromatic heterocycles. The molecule has 5 rings (SSSR count). The SMILES string of the molecule is O=C(NCc1cccc(OCc2ccccn2)c1)c1cc2c(nc3sccn32)s1. The minimum absolute atomic E-state index is 0.100. The van der Waals surface area contributed by atoms with Crippen LogP contribution < -0.4 is 10.1 Å². The molecule has 1 amide bonds. The Labute approximate surface area is 174 Å². The van der Waals surface area contributed by atoms with Crippen molar-refractivity contribution in [2.75, 3.05) is 0 Å². The van der Waals surface area contributed by atoms with Crippen molar-refractivity contribution in [2.45, 2.75) is 13.2 Å². The molecule has 0 aliphatic rings. The van der Waals surface area contributed by atoms with Crippen molar-refractivity contribution in [3.8, 4) is 5.75 Å². The third-order valence-corrected chi connectivity index (χ3v) is 6.20. The molecule has 5 aromatic rings. The Bertz CT molecular complexity index is 1290. The van der Waals surface area contributed by atoms with Gasteiger partial charge >= 0.3 is 0 Å². The third kappa shape index (κ3) is 3.72. The van der Waals surface area contributed by atoms with Crippen molar-refractivity contribution < 1.29 is 9.53 Å². The summed E-state index contributed by atoms with van der Waals surface area (Å²) in [5, 5.41) is 4.97. The van der Waals surface area contributed by atoms with E-state index in [1.54, 1.807) is 17.5 Å². The molecular formula is C21H16N4O2S2. The average molecular weight is 421 g/mol. The molecule has 29 heavy (non-hydrogen) atoms. The van der Waals surface area contributed by atoms with Crippen LogP contribution in [0, 0.1) is 0 Å². The van der Waals surface area contributed by atoms with E-state index in [1.807, 2.05) is 64.5 Å². The van der Waals surface area contributed by atoms with Crippen LogP contribution in [0.5, 0.6) is 5.75 Å². The molecule has 6 nitrogen and oxygen atoms in total. The number of amides is 1. The Morgan fingerprint density at radius 3 is 3.03 bits per heavy atom. The number of fused-ring (bicyclic) bond motifs is 3. The fourth-order valence-corrected chi connectivity index (χ4v) is 4.73. The smallest absolute Gasteiger partial charge is 0.261 e. The summed E-state index contributed by atoms with van der Waals surface area (Å²) < 4.78 is 7.81. The fourth-order valence-electron chi connectivity index (χ4n) is 3.01. The molecule has 0 spiro atoms. The zero-order chi connectivity index (χ0) is 19.6. The number of rotatable bonds is 6. The molecule has 1 aromatic carbocycles. The second-order valence-electron chi connectivity index (χ2n) is 6.41. The van der Waals surface area contributed by atoms with E-state index in [9.17, 15) is 4.79 Å². The van der Waals surface area contributed by atoms with Gasteiger partial charge in [0.25, 0.3) is 5.91 Å². The van der Waals surface area contributed by atoms with Crippen molar-refractivity contribution in [3.05, 3.63) is 82.4 Å². The van der Waals surface area contributed by atoms with Gasteiger partial charge in [0.05, 0.1) is 16.1 Å². The van der Waals surface area contributed by atoms with Gasteiger partial charge in [-0.05, 0) is 35.9 Å². The van der Waals surface area contributed by atoms with Crippen LogP contribution in [0.1, 0.15) is 20.9 Å². The van der Waals surface area contributed by atoms with Gasteiger partial charge in [0, 0.05) is 24.3 Å². The first-order valence-electron chi connectivity index (χ1n) is 9.01. The minimum atomic E-state index is -0.100. The van der Waals surface area contributed by atoms with Gasteiger partial charge < -0.3 is 10.1 Å². The van der Waals surface area contributed by atoms with E-state index in [0.29, 0.717) is 18.0 Å². The number of imidazole rings is 1. The molecular weight excluding hydrogens is 404 g/mol. The lowest BCUT2D eigenvalue weighted by Gasteiger charge is -2.08. The van der Waals surface area contributed by atoms with Crippen LogP contribution in [0.3, 0.4) is 0 Å². The van der Waals surface area contributed by atoms with E-state index in [1.165, 1.54) is 11.3 Å². The van der Waals surface area contributed by atoms with Gasteiger partial charge in [-0.25, -0.2) is 4.98 Å². The summed E-state index contributed by atoms with van der Waals surface area (Å²) in [5.74, 6) is 0.648. The molecule has 0 radical (unpaired) electrons. The monoisotopic (exact) mass is 420 g/mol. The van der Waals surface area contributed by atoms with Crippen molar-refractivity contribution in [2.24, 2.45) is 0 Å². The van der Waals surface area contributed by atoms with E-state index in [0.717, 1.165) is 32.3 Å². The van der Waals surface area contributed by atoms with Gasteiger partial charge in [-0.2, -0.15) is 0 Å². The number of carbonyl (C=O) groups is 1. The standard InChI is InChI=1S/C21H16N4O2S2/c26-19(18-11-17-20(29-18)24-21-25(17)8-9-28-21)23-12-14-4-3-6-16(10-14)27-13-15-5-1-2-7-22-15/h1-11H,12-13H2,(H,23,26). The first kappa shape index (κ1) is 17.8. The van der Waals surface area contributed by atoms with Crippen LogP contribution in [0.4, 0.5) is 0 Å². The summed E-state index contributed by atoms with van der Waals surface area (Å²) in [6.07, 6.45) is 3.72. The van der Waals surface area contributed by atoms with Crippen molar-refractivity contribution >= 4 is 43.9 Å². The number of thiazole rings is 1. The predicted octanol–water partition coefficient (Wildman–Crippen LogP) is 4.51. The summed E-state index contributed by atoms with van der Waals surface area (Å²) in [4.78, 5) is 23.9. The number of thiophene rings is 1. The van der Waals surface area contributed by atoms with E-state index in [4.69, 9.17) is 4.74 Å². The first-order valence-corrected chi connectivity index (χ1v) is 10.7. The zero-order valence-corrected chi connectivity index (χ0v) is 16.9. The van der Waals surface area contributed by atoms with Crippen molar-refractivity contribution in [1.29, 1.82) is 0 Å². The highest BCUT2D eigenvalue weighted by Crippen LogP contribution is 2.28.